The van der Waals surface area contributed by atoms with Crippen LogP contribution in [0.15, 0.2) is 0 Å². The Labute approximate surface area is 603 Å². The number of hydrogen-bond donors (Lipinski definition) is 12. The monoisotopic (exact) mass is 1330 g/mol. The molecule has 0 aliphatic heterocycles. The summed E-state index contributed by atoms with van der Waals surface area (Å²) in [5.74, 6) is 0.445. The van der Waals surface area contributed by atoms with Gasteiger partial charge in [-0.2, -0.15) is 0 Å². The summed E-state index contributed by atoms with van der Waals surface area (Å²) in [6.07, 6.45) is 14.2. The molecule has 0 heterocycles. The first-order valence-electron chi connectivity index (χ1n) is 29.8. The van der Waals surface area contributed by atoms with Gasteiger partial charge >= 0.3 is 0 Å². The molecule has 0 saturated carbocycles. The van der Waals surface area contributed by atoms with Crippen LogP contribution in [0.25, 0.3) is 0 Å². The van der Waals surface area contributed by atoms with E-state index < -0.39 is 12.2 Å². The average Bonchev–Trinajstić information content (AvgIpc) is 3.32. The van der Waals surface area contributed by atoms with Gasteiger partial charge in [0.1, 0.15) is 0 Å². The average molecular weight is 1330 g/mol. The van der Waals surface area contributed by atoms with Crippen molar-refractivity contribution in [1.82, 2.24) is 0 Å². The third-order valence-electron chi connectivity index (χ3n) is 13.9. The maximum Gasteiger partial charge on any atom is 0.0638 e. The summed E-state index contributed by atoms with van der Waals surface area (Å²) < 4.78 is 0. The normalized spacial score (nSPS) is 16.6. The summed E-state index contributed by atoms with van der Waals surface area (Å²) >= 11 is 0. The minimum atomic E-state index is -0.438. The fourth-order valence-electron chi connectivity index (χ4n) is 7.58. The van der Waals surface area contributed by atoms with Crippen molar-refractivity contribution in [3.05, 3.63) is 0 Å². The van der Waals surface area contributed by atoms with Gasteiger partial charge in [0.15, 0.2) is 0 Å². The van der Waals surface area contributed by atoms with Crippen molar-refractivity contribution >= 4 is 0 Å². The largest absolute Gasteiger partial charge is 0.393 e. The first kappa shape index (κ1) is 111. The van der Waals surface area contributed by atoms with Crippen molar-refractivity contribution in [3.63, 3.8) is 0 Å². The Hall–Kier alpha value is 4.74. The van der Waals surface area contributed by atoms with Crippen molar-refractivity contribution in [1.29, 1.82) is 0 Å². The molecule has 15 unspecified atom stereocenters. The third kappa shape index (κ3) is 71.7. The smallest absolute Gasteiger partial charge is 0.0638 e. The van der Waals surface area contributed by atoms with Gasteiger partial charge in [0.25, 0.3) is 0 Å². The molecule has 0 fully saturated rings. The summed E-state index contributed by atoms with van der Waals surface area (Å²) in [7, 11) is 0. The molecule has 0 saturated heterocycles. The molecule has 0 aromatic heterocycles. The Morgan fingerprint density at radius 1 is 0.291 bits per heavy atom. The quantitative estimate of drug-likeness (QED) is 0.0301. The van der Waals surface area contributed by atoms with E-state index in [1.54, 1.807) is 0 Å². The molecular formula is C61H134O12Sc6. The Bertz CT molecular complexity index is 1130. The van der Waals surface area contributed by atoms with Gasteiger partial charge < -0.3 is 61.3 Å². The van der Waals surface area contributed by atoms with Crippen molar-refractivity contribution in [2.24, 2.45) is 40.4 Å². The Kier molecular flexibility index (Phi) is 99.0. The fourth-order valence-corrected chi connectivity index (χ4v) is 7.58. The molecule has 18 heteroatoms. The second-order valence-electron chi connectivity index (χ2n) is 24.4. The van der Waals surface area contributed by atoms with Gasteiger partial charge in [-0.15, -0.1) is 0 Å². The molecule has 79 heavy (non-hydrogen) atoms. The first-order valence-corrected chi connectivity index (χ1v) is 29.8. The predicted molar refractivity (Wildman–Crippen MR) is 311 cm³/mol. The topological polar surface area (TPSA) is 243 Å². The van der Waals surface area contributed by atoms with Crippen molar-refractivity contribution < 1.29 is 216 Å². The molecule has 0 rings (SSSR count). The fraction of sp³-hybridized carbons (Fsp3) is 1.00. The molecule has 0 bridgehead atoms. The van der Waals surface area contributed by atoms with Crippen LogP contribution < -0.4 is 0 Å². The molecule has 15 atom stereocenters. The number of hydrogen-bond acceptors (Lipinski definition) is 12. The second kappa shape index (κ2) is 70.2. The molecule has 468 valence electrons. The van der Waals surface area contributed by atoms with Gasteiger partial charge in [-0.05, 0) is 93.3 Å². The molecule has 0 amide bonds. The summed E-state index contributed by atoms with van der Waals surface area (Å²) in [5, 5.41) is 114. The Balaban J connectivity index is -0.0000000672. The van der Waals surface area contributed by atoms with E-state index in [9.17, 15) is 61.3 Å². The number of aliphatic hydroxyl groups is 12. The van der Waals surface area contributed by atoms with Crippen LogP contribution in [0.2, 0.25) is 0 Å². The zero-order valence-electron chi connectivity index (χ0n) is 55.5. The maximum atomic E-state index is 9.80. The molecule has 6 radical (unpaired) electrons. The van der Waals surface area contributed by atoms with Crippen molar-refractivity contribution in [3.8, 4) is 0 Å². The molecule has 0 aliphatic rings. The van der Waals surface area contributed by atoms with E-state index in [4.69, 9.17) is 0 Å². The zero-order chi connectivity index (χ0) is 58.7. The summed E-state index contributed by atoms with van der Waals surface area (Å²) in [6.45, 7) is 41.9. The summed E-state index contributed by atoms with van der Waals surface area (Å²) in [6, 6.07) is 0. The molecule has 12 N–H and O–H groups in total. The van der Waals surface area contributed by atoms with Crippen LogP contribution >= 0.6 is 0 Å². The van der Waals surface area contributed by atoms with Gasteiger partial charge in [-0.1, -0.05) is 210 Å². The molecular weight excluding hydrogens is 1190 g/mol. The number of rotatable bonds is 32. The van der Waals surface area contributed by atoms with E-state index in [1.807, 2.05) is 118 Å². The number of aliphatic hydroxyl groups excluding tert-OH is 12. The number of unbranched alkanes of at least 4 members (excludes halogenated alkanes) is 4. The maximum absolute atomic E-state index is 9.80. The van der Waals surface area contributed by atoms with Gasteiger partial charge in [0.2, 0.25) is 0 Å². The molecule has 0 aromatic rings. The van der Waals surface area contributed by atoms with Crippen LogP contribution in [0.1, 0.15) is 280 Å². The van der Waals surface area contributed by atoms with Gasteiger partial charge in [0.05, 0.1) is 73.2 Å². The standard InChI is InChI=1S/2C11H24O2.3C10H22O2.C9H20O2.6Sc/c1-5-6-7-10(12)9(4)11(13)8(2)3;1-4-6-8-11(13)9(3)10(12)7-5-2;1-6-8(11)7(2)9(12)10(3,4)5;1-4-5-6-9(11)7-10(12)8(2)3;1-3-5-7-10(12)8-9(11)6-4-2;1-5-7(10)6-8(11)9(2,3)4;;;;;;/h8-13H,5-7H2,1-4H3;9-13H,4-8H2,1-3H3;7-9,11-12H,6H2,1-5H3;8-12H,4-7H2,1-3H3;9-12H,3-8H2,1-2H3;7-8,10-11H,5-6H2,1-4H3;;;;;;. The van der Waals surface area contributed by atoms with Gasteiger partial charge in [-0.3, -0.25) is 0 Å². The zero-order valence-corrected chi connectivity index (χ0v) is 66.3. The van der Waals surface area contributed by atoms with Crippen LogP contribution in [-0.4, -0.2) is 135 Å². The summed E-state index contributed by atoms with van der Waals surface area (Å²) in [4.78, 5) is 0. The minimum absolute atomic E-state index is 0. The van der Waals surface area contributed by atoms with Crippen LogP contribution in [0.3, 0.4) is 0 Å². The van der Waals surface area contributed by atoms with E-state index >= 15 is 0 Å². The second-order valence-corrected chi connectivity index (χ2v) is 24.4. The van der Waals surface area contributed by atoms with E-state index in [2.05, 4.69) is 27.7 Å². The summed E-state index contributed by atoms with van der Waals surface area (Å²) in [5.41, 5.74) is -0.258. The van der Waals surface area contributed by atoms with E-state index in [0.29, 0.717) is 32.1 Å². The Morgan fingerprint density at radius 3 is 0.937 bits per heavy atom. The van der Waals surface area contributed by atoms with Crippen molar-refractivity contribution in [2.75, 3.05) is 0 Å². The molecule has 0 aliphatic carbocycles. The third-order valence-corrected chi connectivity index (χ3v) is 13.9. The van der Waals surface area contributed by atoms with Crippen LogP contribution in [0, 0.1) is 40.4 Å². The van der Waals surface area contributed by atoms with Crippen LogP contribution in [0.5, 0.6) is 0 Å². The van der Waals surface area contributed by atoms with E-state index in [-0.39, 0.29) is 257 Å². The van der Waals surface area contributed by atoms with Crippen LogP contribution in [0.4, 0.5) is 0 Å². The predicted octanol–water partition coefficient (Wildman–Crippen LogP) is 11.9. The Morgan fingerprint density at radius 2 is 0.633 bits per heavy atom. The first-order chi connectivity index (χ1) is 33.6. The molecule has 0 aromatic carbocycles. The van der Waals surface area contributed by atoms with Gasteiger partial charge in [-0.25, -0.2) is 0 Å². The molecule has 12 nitrogen and oxygen atoms in total. The van der Waals surface area contributed by atoms with Crippen molar-refractivity contribution in [2.45, 2.75) is 353 Å². The SMILES string of the molecule is CCC(O)C(C)C(O)C(C)(C)C.CCC(O)CC(O)C(C)(C)C.CCCCC(O)C(C)C(O)C(C)C.CCCCC(O)C(C)C(O)CCC.CCCCC(O)CC(O)C(C)C.CCCCC(O)CC(O)CCC.[Sc].[Sc].[Sc].[Sc].[Sc].[Sc]. The van der Waals surface area contributed by atoms with Gasteiger partial charge in [0, 0.05) is 173 Å². The molecule has 0 spiro atoms. The van der Waals surface area contributed by atoms with Crippen LogP contribution in [-0.2, 0) is 155 Å². The van der Waals surface area contributed by atoms with E-state index in [0.717, 1.165) is 103 Å². The minimum Gasteiger partial charge on any atom is -0.393 e. The van der Waals surface area contributed by atoms with E-state index in [1.165, 1.54) is 0 Å².